The average molecular weight is 144 g/mol. The lowest BCUT2D eigenvalue weighted by atomic mass is 10.0. The summed E-state index contributed by atoms with van der Waals surface area (Å²) in [5.41, 5.74) is 0. The van der Waals surface area contributed by atoms with E-state index in [0.29, 0.717) is 10.5 Å². The normalized spacial score (nSPS) is 43.6. The minimum Gasteiger partial charge on any atom is -0.190 e. The average Bonchev–Trinajstić information content (AvgIpc) is 2.15. The molecule has 1 saturated heterocycles. The molecule has 0 N–H and O–H groups in total. The molecule has 0 bridgehead atoms. The topological polar surface area (TPSA) is 0 Å². The molecular formula is C8H16S. The van der Waals surface area contributed by atoms with Gasteiger partial charge in [-0.2, -0.15) is 10.5 Å². The lowest BCUT2D eigenvalue weighted by Crippen LogP contribution is -2.05. The molecule has 0 aromatic rings. The zero-order valence-corrected chi connectivity index (χ0v) is 7.21. The van der Waals surface area contributed by atoms with Gasteiger partial charge in [-0.25, -0.2) is 0 Å². The van der Waals surface area contributed by atoms with Gasteiger partial charge in [0.15, 0.2) is 0 Å². The van der Waals surface area contributed by atoms with Gasteiger partial charge in [0.2, 0.25) is 0 Å². The molecule has 9 heavy (non-hydrogen) atoms. The summed E-state index contributed by atoms with van der Waals surface area (Å²) in [6.07, 6.45) is 2.80. The fourth-order valence-electron chi connectivity index (χ4n) is 1.53. The summed E-state index contributed by atoms with van der Waals surface area (Å²) >= 11 is 0. The molecule has 1 rings (SSSR count). The molecule has 1 aliphatic rings. The van der Waals surface area contributed by atoms with E-state index < -0.39 is 0 Å². The predicted octanol–water partition coefficient (Wildman–Crippen LogP) is 2.51. The second-order valence-corrected chi connectivity index (χ2v) is 5.13. The molecule has 0 saturated carbocycles. The summed E-state index contributed by atoms with van der Waals surface area (Å²) in [6, 6.07) is 0. The second kappa shape index (κ2) is 2.87. The summed E-state index contributed by atoms with van der Waals surface area (Å²) in [5, 5.41) is 0.912. The standard InChI is InChI=1S/C8H16S/c1-4-8-5-6-9(3)7(8)2/h7-8H,3-6H2,1-2H3. The maximum atomic E-state index is 4.14. The highest BCUT2D eigenvalue weighted by atomic mass is 32.2. The van der Waals surface area contributed by atoms with Crippen molar-refractivity contribution in [2.75, 3.05) is 5.75 Å². The predicted molar refractivity (Wildman–Crippen MR) is 47.4 cm³/mol. The molecule has 0 amide bonds. The van der Waals surface area contributed by atoms with Crippen LogP contribution in [0.2, 0.25) is 0 Å². The fraction of sp³-hybridized carbons (Fsp3) is 0.875. The van der Waals surface area contributed by atoms with E-state index in [9.17, 15) is 0 Å². The summed E-state index contributed by atoms with van der Waals surface area (Å²) in [7, 11) is 0.502. The smallest absolute Gasteiger partial charge is 0.000789 e. The van der Waals surface area contributed by atoms with Crippen LogP contribution in [0.4, 0.5) is 0 Å². The Labute approximate surface area is 60.6 Å². The summed E-state index contributed by atoms with van der Waals surface area (Å²) in [6.45, 7) is 4.65. The van der Waals surface area contributed by atoms with Gasteiger partial charge in [-0.15, -0.1) is 0 Å². The monoisotopic (exact) mass is 144 g/mol. The summed E-state index contributed by atoms with van der Waals surface area (Å²) in [5.74, 6) is 6.52. The van der Waals surface area contributed by atoms with Gasteiger partial charge >= 0.3 is 0 Å². The van der Waals surface area contributed by atoms with Crippen LogP contribution in [0.25, 0.3) is 0 Å². The van der Waals surface area contributed by atoms with E-state index in [1.807, 2.05) is 0 Å². The molecule has 54 valence electrons. The molecule has 3 unspecified atom stereocenters. The van der Waals surface area contributed by atoms with Gasteiger partial charge in [0.05, 0.1) is 0 Å². The molecular weight excluding hydrogens is 128 g/mol. The number of hydrogen-bond donors (Lipinski definition) is 0. The first-order chi connectivity index (χ1) is 4.25. The molecule has 0 aromatic heterocycles. The lowest BCUT2D eigenvalue weighted by Gasteiger charge is -2.12. The highest BCUT2D eigenvalue weighted by molar-refractivity contribution is 8.14. The largest absolute Gasteiger partial charge is 0.190 e. The van der Waals surface area contributed by atoms with Crippen LogP contribution >= 0.6 is 10.5 Å². The number of hydrogen-bond acceptors (Lipinski definition) is 0. The van der Waals surface area contributed by atoms with Crippen molar-refractivity contribution in [3.05, 3.63) is 0 Å². The van der Waals surface area contributed by atoms with Crippen LogP contribution in [0.3, 0.4) is 0 Å². The van der Waals surface area contributed by atoms with Gasteiger partial charge < -0.3 is 0 Å². The van der Waals surface area contributed by atoms with Crippen molar-refractivity contribution >= 4 is 16.4 Å². The molecule has 1 heteroatoms. The molecule has 1 aliphatic heterocycles. The van der Waals surface area contributed by atoms with Crippen LogP contribution < -0.4 is 0 Å². The van der Waals surface area contributed by atoms with Crippen molar-refractivity contribution in [3.63, 3.8) is 0 Å². The van der Waals surface area contributed by atoms with E-state index in [0.717, 1.165) is 11.2 Å². The zero-order valence-electron chi connectivity index (χ0n) is 6.39. The molecule has 0 nitrogen and oxygen atoms in total. The third kappa shape index (κ3) is 1.37. The van der Waals surface area contributed by atoms with Crippen LogP contribution in [0.1, 0.15) is 26.7 Å². The van der Waals surface area contributed by atoms with Gasteiger partial charge in [0.1, 0.15) is 0 Å². The Balaban J connectivity index is 2.51. The first kappa shape index (κ1) is 7.33. The quantitative estimate of drug-likeness (QED) is 0.496. The Morgan fingerprint density at radius 2 is 2.33 bits per heavy atom. The SMILES string of the molecule is C=S1CCC(CC)C1C. The summed E-state index contributed by atoms with van der Waals surface area (Å²) in [4.78, 5) is 0. The van der Waals surface area contributed by atoms with E-state index in [2.05, 4.69) is 19.7 Å². The maximum absolute atomic E-state index is 4.14. The van der Waals surface area contributed by atoms with Crippen molar-refractivity contribution < 1.29 is 0 Å². The number of rotatable bonds is 1. The molecule has 0 radical (unpaired) electrons. The van der Waals surface area contributed by atoms with E-state index in [-0.39, 0.29) is 0 Å². The molecule has 1 fully saturated rings. The molecule has 0 aliphatic carbocycles. The maximum Gasteiger partial charge on any atom is -0.000789 e. The van der Waals surface area contributed by atoms with Crippen LogP contribution in [-0.2, 0) is 0 Å². The van der Waals surface area contributed by atoms with Crippen molar-refractivity contribution in [2.45, 2.75) is 31.9 Å². The Bertz CT molecular complexity index is 118. The Morgan fingerprint density at radius 1 is 1.67 bits per heavy atom. The van der Waals surface area contributed by atoms with E-state index >= 15 is 0 Å². The van der Waals surface area contributed by atoms with E-state index in [4.69, 9.17) is 0 Å². The Hall–Kier alpha value is 0.220. The first-order valence-electron chi connectivity index (χ1n) is 3.75. The van der Waals surface area contributed by atoms with Gasteiger partial charge in [0.25, 0.3) is 0 Å². The highest BCUT2D eigenvalue weighted by Crippen LogP contribution is 2.37. The van der Waals surface area contributed by atoms with E-state index in [1.54, 1.807) is 0 Å². The van der Waals surface area contributed by atoms with Crippen molar-refractivity contribution in [1.29, 1.82) is 0 Å². The fourth-order valence-corrected chi connectivity index (χ4v) is 3.38. The molecule has 3 atom stereocenters. The minimum atomic E-state index is 0.502. The van der Waals surface area contributed by atoms with Crippen LogP contribution in [0, 0.1) is 5.92 Å². The lowest BCUT2D eigenvalue weighted by molar-refractivity contribution is 0.515. The molecule has 0 aromatic carbocycles. The minimum absolute atomic E-state index is 0.502. The highest BCUT2D eigenvalue weighted by Gasteiger charge is 2.23. The van der Waals surface area contributed by atoms with Gasteiger partial charge in [-0.3, -0.25) is 0 Å². The van der Waals surface area contributed by atoms with Crippen LogP contribution in [0.5, 0.6) is 0 Å². The van der Waals surface area contributed by atoms with Crippen molar-refractivity contribution in [3.8, 4) is 0 Å². The van der Waals surface area contributed by atoms with E-state index in [1.165, 1.54) is 18.6 Å². The van der Waals surface area contributed by atoms with Gasteiger partial charge in [-0.05, 0) is 23.3 Å². The zero-order chi connectivity index (χ0) is 6.85. The molecule has 1 heterocycles. The summed E-state index contributed by atoms with van der Waals surface area (Å²) < 4.78 is 0. The van der Waals surface area contributed by atoms with Crippen molar-refractivity contribution in [1.82, 2.24) is 0 Å². The third-order valence-corrected chi connectivity index (χ3v) is 4.66. The third-order valence-electron chi connectivity index (χ3n) is 2.46. The van der Waals surface area contributed by atoms with Crippen molar-refractivity contribution in [2.24, 2.45) is 5.92 Å². The van der Waals surface area contributed by atoms with Gasteiger partial charge in [0, 0.05) is 0 Å². The Kier molecular flexibility index (Phi) is 2.34. The first-order valence-corrected chi connectivity index (χ1v) is 5.37. The molecule has 0 spiro atoms. The van der Waals surface area contributed by atoms with Crippen LogP contribution in [-0.4, -0.2) is 16.9 Å². The van der Waals surface area contributed by atoms with Gasteiger partial charge in [-0.1, -0.05) is 26.1 Å². The van der Waals surface area contributed by atoms with Crippen LogP contribution in [0.15, 0.2) is 0 Å². The second-order valence-electron chi connectivity index (χ2n) is 2.90. The Morgan fingerprint density at radius 3 is 2.56 bits per heavy atom.